The van der Waals surface area contributed by atoms with Gasteiger partial charge in [-0.2, -0.15) is 0 Å². The standard InChI is InChI=1S/C18H23ClO5/c1-3-22-16-11-13(10-15(19)18(16)21-2)7-8-17(20)24-12-14-6-4-5-9-23-14/h7-8,10-11,14H,3-6,9,12H2,1-2H3. The van der Waals surface area contributed by atoms with Gasteiger partial charge in [-0.15, -0.1) is 0 Å². The molecule has 5 nitrogen and oxygen atoms in total. The molecule has 2 rings (SSSR count). The average molecular weight is 355 g/mol. The van der Waals surface area contributed by atoms with E-state index < -0.39 is 5.97 Å². The van der Waals surface area contributed by atoms with Crippen molar-refractivity contribution in [1.82, 2.24) is 0 Å². The van der Waals surface area contributed by atoms with E-state index in [2.05, 4.69) is 0 Å². The molecule has 0 saturated carbocycles. The normalized spacial score (nSPS) is 17.7. The number of esters is 1. The van der Waals surface area contributed by atoms with Crippen LogP contribution in [0, 0.1) is 0 Å². The van der Waals surface area contributed by atoms with Crippen molar-refractivity contribution in [2.45, 2.75) is 32.3 Å². The summed E-state index contributed by atoms with van der Waals surface area (Å²) in [5.74, 6) is 0.609. The van der Waals surface area contributed by atoms with Crippen LogP contribution >= 0.6 is 11.6 Å². The number of carbonyl (C=O) groups excluding carboxylic acids is 1. The Morgan fingerprint density at radius 2 is 2.25 bits per heavy atom. The number of benzene rings is 1. The topological polar surface area (TPSA) is 54.0 Å². The second kappa shape index (κ2) is 9.55. The molecule has 24 heavy (non-hydrogen) atoms. The zero-order chi connectivity index (χ0) is 17.4. The zero-order valence-electron chi connectivity index (χ0n) is 14.0. The maximum atomic E-state index is 11.8. The Hall–Kier alpha value is -1.72. The van der Waals surface area contributed by atoms with Gasteiger partial charge in [-0.1, -0.05) is 11.6 Å². The molecule has 1 saturated heterocycles. The van der Waals surface area contributed by atoms with Crippen LogP contribution in [-0.2, 0) is 14.3 Å². The third-order valence-electron chi connectivity index (χ3n) is 3.63. The molecule has 0 aromatic heterocycles. The van der Waals surface area contributed by atoms with Crippen LogP contribution in [0.15, 0.2) is 18.2 Å². The molecule has 1 atom stereocenters. The number of hydrogen-bond donors (Lipinski definition) is 0. The van der Waals surface area contributed by atoms with Gasteiger partial charge in [0.05, 0.1) is 24.8 Å². The van der Waals surface area contributed by atoms with Gasteiger partial charge in [-0.3, -0.25) is 0 Å². The zero-order valence-corrected chi connectivity index (χ0v) is 14.8. The molecule has 1 fully saturated rings. The summed E-state index contributed by atoms with van der Waals surface area (Å²) in [6.45, 7) is 3.39. The molecule has 1 aliphatic rings. The first kappa shape index (κ1) is 18.6. The summed E-state index contributed by atoms with van der Waals surface area (Å²) in [7, 11) is 1.53. The number of carbonyl (C=O) groups is 1. The largest absolute Gasteiger partial charge is 0.491 e. The summed E-state index contributed by atoms with van der Waals surface area (Å²) in [6, 6.07) is 3.47. The van der Waals surface area contributed by atoms with Crippen molar-refractivity contribution < 1.29 is 23.7 Å². The lowest BCUT2D eigenvalue weighted by Crippen LogP contribution is -2.25. The number of ether oxygens (including phenoxy) is 4. The van der Waals surface area contributed by atoms with Gasteiger partial charge in [-0.05, 0) is 50.0 Å². The van der Waals surface area contributed by atoms with E-state index in [1.807, 2.05) is 6.92 Å². The molecular weight excluding hydrogens is 332 g/mol. The molecule has 1 aliphatic heterocycles. The first-order chi connectivity index (χ1) is 11.6. The fourth-order valence-corrected chi connectivity index (χ4v) is 2.77. The second-order valence-electron chi connectivity index (χ2n) is 5.42. The van der Waals surface area contributed by atoms with Crippen molar-refractivity contribution in [2.75, 3.05) is 26.9 Å². The minimum Gasteiger partial charge on any atom is -0.491 e. The van der Waals surface area contributed by atoms with Crippen molar-refractivity contribution in [3.8, 4) is 11.5 Å². The number of rotatable bonds is 7. The minimum absolute atomic E-state index is 0.0103. The van der Waals surface area contributed by atoms with Gasteiger partial charge in [0.25, 0.3) is 0 Å². The fraction of sp³-hybridized carbons (Fsp3) is 0.500. The van der Waals surface area contributed by atoms with Crippen LogP contribution in [0.25, 0.3) is 6.08 Å². The first-order valence-corrected chi connectivity index (χ1v) is 8.48. The third kappa shape index (κ3) is 5.42. The molecule has 0 amide bonds. The van der Waals surface area contributed by atoms with E-state index in [1.54, 1.807) is 18.2 Å². The van der Waals surface area contributed by atoms with Gasteiger partial charge in [0.1, 0.15) is 6.61 Å². The highest BCUT2D eigenvalue weighted by molar-refractivity contribution is 6.32. The van der Waals surface area contributed by atoms with E-state index in [1.165, 1.54) is 13.2 Å². The Morgan fingerprint density at radius 1 is 1.42 bits per heavy atom. The lowest BCUT2D eigenvalue weighted by Gasteiger charge is -2.21. The van der Waals surface area contributed by atoms with Crippen LogP contribution in [0.5, 0.6) is 11.5 Å². The number of methoxy groups -OCH3 is 1. The molecule has 0 radical (unpaired) electrons. The fourth-order valence-electron chi connectivity index (χ4n) is 2.47. The van der Waals surface area contributed by atoms with Crippen LogP contribution in [0.4, 0.5) is 0 Å². The Morgan fingerprint density at radius 3 is 2.92 bits per heavy atom. The summed E-state index contributed by atoms with van der Waals surface area (Å²) in [5, 5.41) is 0.423. The van der Waals surface area contributed by atoms with Crippen molar-refractivity contribution in [3.63, 3.8) is 0 Å². The summed E-state index contributed by atoms with van der Waals surface area (Å²) >= 11 is 6.18. The molecular formula is C18H23ClO5. The van der Waals surface area contributed by atoms with Gasteiger partial charge in [0.2, 0.25) is 0 Å². The van der Waals surface area contributed by atoms with E-state index in [4.69, 9.17) is 30.5 Å². The predicted octanol–water partition coefficient (Wildman–Crippen LogP) is 3.87. The quantitative estimate of drug-likeness (QED) is 0.549. The van der Waals surface area contributed by atoms with Crippen molar-refractivity contribution >= 4 is 23.6 Å². The van der Waals surface area contributed by atoms with E-state index in [9.17, 15) is 4.79 Å². The Labute approximate surface area is 147 Å². The smallest absolute Gasteiger partial charge is 0.330 e. The van der Waals surface area contributed by atoms with Crippen LogP contribution in [0.1, 0.15) is 31.7 Å². The van der Waals surface area contributed by atoms with Gasteiger partial charge >= 0.3 is 5.97 Å². The highest BCUT2D eigenvalue weighted by atomic mass is 35.5. The van der Waals surface area contributed by atoms with Gasteiger partial charge in [0.15, 0.2) is 11.5 Å². The lowest BCUT2D eigenvalue weighted by atomic mass is 10.1. The summed E-state index contributed by atoms with van der Waals surface area (Å²) < 4.78 is 21.5. The molecule has 1 aromatic carbocycles. The predicted molar refractivity (Wildman–Crippen MR) is 92.8 cm³/mol. The maximum absolute atomic E-state index is 11.8. The van der Waals surface area contributed by atoms with E-state index >= 15 is 0 Å². The summed E-state index contributed by atoms with van der Waals surface area (Å²) in [5.41, 5.74) is 0.732. The van der Waals surface area contributed by atoms with Crippen molar-refractivity contribution in [1.29, 1.82) is 0 Å². The Balaban J connectivity index is 1.95. The highest BCUT2D eigenvalue weighted by Gasteiger charge is 2.15. The summed E-state index contributed by atoms with van der Waals surface area (Å²) in [6.07, 6.45) is 6.14. The van der Waals surface area contributed by atoms with Crippen molar-refractivity contribution in [2.24, 2.45) is 0 Å². The number of halogens is 1. The van der Waals surface area contributed by atoms with E-state index in [-0.39, 0.29) is 12.7 Å². The van der Waals surface area contributed by atoms with Gasteiger partial charge in [0, 0.05) is 12.7 Å². The monoisotopic (exact) mass is 354 g/mol. The first-order valence-electron chi connectivity index (χ1n) is 8.10. The van der Waals surface area contributed by atoms with Gasteiger partial charge < -0.3 is 18.9 Å². The SMILES string of the molecule is CCOc1cc(C=CC(=O)OCC2CCCCO2)cc(Cl)c1OC. The van der Waals surface area contributed by atoms with Crippen LogP contribution < -0.4 is 9.47 Å². The molecule has 0 N–H and O–H groups in total. The van der Waals surface area contributed by atoms with Crippen LogP contribution in [0.3, 0.4) is 0 Å². The van der Waals surface area contributed by atoms with Crippen LogP contribution in [0.2, 0.25) is 5.02 Å². The molecule has 6 heteroatoms. The molecule has 0 spiro atoms. The minimum atomic E-state index is -0.408. The number of hydrogen-bond acceptors (Lipinski definition) is 5. The second-order valence-corrected chi connectivity index (χ2v) is 5.83. The van der Waals surface area contributed by atoms with E-state index in [0.717, 1.165) is 31.4 Å². The van der Waals surface area contributed by atoms with Gasteiger partial charge in [-0.25, -0.2) is 4.79 Å². The van der Waals surface area contributed by atoms with Crippen LogP contribution in [-0.4, -0.2) is 39.0 Å². The molecule has 0 aliphatic carbocycles. The third-order valence-corrected chi connectivity index (χ3v) is 3.91. The molecule has 0 bridgehead atoms. The van der Waals surface area contributed by atoms with Crippen molar-refractivity contribution in [3.05, 3.63) is 28.8 Å². The summed E-state index contributed by atoms with van der Waals surface area (Å²) in [4.78, 5) is 11.8. The molecule has 1 unspecified atom stereocenters. The maximum Gasteiger partial charge on any atom is 0.330 e. The Kier molecular flexibility index (Phi) is 7.40. The average Bonchev–Trinajstić information content (AvgIpc) is 2.59. The highest BCUT2D eigenvalue weighted by Crippen LogP contribution is 2.36. The Bertz CT molecular complexity index is 579. The molecule has 1 aromatic rings. The molecule has 132 valence electrons. The molecule has 1 heterocycles. The lowest BCUT2D eigenvalue weighted by molar-refractivity contribution is -0.143. The van der Waals surface area contributed by atoms with E-state index in [0.29, 0.717) is 23.1 Å².